The number of nitrogen functional groups attached to an aromatic ring is 1. The molecule has 4 aromatic rings. The second-order valence-corrected chi connectivity index (χ2v) is 8.13. The number of fused-ring (bicyclic) bond motifs is 1. The molecule has 8 nitrogen and oxygen atoms in total. The highest BCUT2D eigenvalue weighted by atomic mass is 16.5. The molecule has 2 aromatic heterocycles. The number of nitrogens with two attached hydrogens (primary N) is 1. The SMILES string of the molecule is COc1ccc(COC(=O)C2C(Cc3ccnc(N)c3)C(=O)N2c2cc3ccccc3o2)cc1. The van der Waals surface area contributed by atoms with Crippen LogP contribution < -0.4 is 15.4 Å². The number of ether oxygens (including phenoxy) is 2. The van der Waals surface area contributed by atoms with Gasteiger partial charge in [-0.2, -0.15) is 0 Å². The van der Waals surface area contributed by atoms with Crippen molar-refractivity contribution >= 4 is 34.5 Å². The van der Waals surface area contributed by atoms with E-state index in [4.69, 9.17) is 19.6 Å². The van der Waals surface area contributed by atoms with Crippen molar-refractivity contribution < 1.29 is 23.5 Å². The highest BCUT2D eigenvalue weighted by Crippen LogP contribution is 2.38. The quantitative estimate of drug-likeness (QED) is 0.333. The van der Waals surface area contributed by atoms with E-state index in [0.717, 1.165) is 16.5 Å². The Morgan fingerprint density at radius 2 is 1.88 bits per heavy atom. The van der Waals surface area contributed by atoms with Gasteiger partial charge in [-0.3, -0.25) is 9.69 Å². The first-order valence-electron chi connectivity index (χ1n) is 10.8. The molecule has 2 aromatic carbocycles. The largest absolute Gasteiger partial charge is 0.497 e. The minimum absolute atomic E-state index is 0.0798. The van der Waals surface area contributed by atoms with Crippen LogP contribution in [0.3, 0.4) is 0 Å². The molecule has 8 heteroatoms. The number of para-hydroxylation sites is 1. The smallest absolute Gasteiger partial charge is 0.330 e. The number of pyridine rings is 1. The summed E-state index contributed by atoms with van der Waals surface area (Å²) in [5.41, 5.74) is 8.07. The topological polar surface area (TPSA) is 108 Å². The summed E-state index contributed by atoms with van der Waals surface area (Å²) in [5, 5.41) is 0.848. The van der Waals surface area contributed by atoms with Crippen LogP contribution in [0.4, 0.5) is 11.7 Å². The van der Waals surface area contributed by atoms with Crippen molar-refractivity contribution in [2.45, 2.75) is 19.1 Å². The molecule has 1 aliphatic heterocycles. The molecule has 1 fully saturated rings. The molecule has 2 atom stereocenters. The summed E-state index contributed by atoms with van der Waals surface area (Å²) in [5.74, 6) is 0.0923. The molecule has 1 aliphatic rings. The molecule has 1 amide bonds. The zero-order chi connectivity index (χ0) is 23.7. The van der Waals surface area contributed by atoms with E-state index in [1.807, 2.05) is 36.4 Å². The zero-order valence-corrected chi connectivity index (χ0v) is 18.5. The van der Waals surface area contributed by atoms with Gasteiger partial charge in [0.25, 0.3) is 0 Å². The first kappa shape index (κ1) is 21.5. The van der Waals surface area contributed by atoms with Gasteiger partial charge in [0.1, 0.15) is 29.8 Å². The fourth-order valence-electron chi connectivity index (χ4n) is 4.19. The number of benzene rings is 2. The van der Waals surface area contributed by atoms with E-state index in [1.54, 1.807) is 43.6 Å². The van der Waals surface area contributed by atoms with Gasteiger partial charge in [-0.25, -0.2) is 9.78 Å². The zero-order valence-electron chi connectivity index (χ0n) is 18.5. The van der Waals surface area contributed by atoms with E-state index >= 15 is 0 Å². The Kier molecular flexibility index (Phi) is 5.63. The van der Waals surface area contributed by atoms with Crippen LogP contribution >= 0.6 is 0 Å². The first-order chi connectivity index (χ1) is 16.5. The van der Waals surface area contributed by atoms with Gasteiger partial charge in [-0.05, 0) is 47.9 Å². The lowest BCUT2D eigenvalue weighted by Gasteiger charge is -2.43. The highest BCUT2D eigenvalue weighted by Gasteiger charge is 2.54. The lowest BCUT2D eigenvalue weighted by Crippen LogP contribution is -2.65. The third-order valence-corrected chi connectivity index (χ3v) is 5.95. The number of hydrogen-bond donors (Lipinski definition) is 1. The van der Waals surface area contributed by atoms with E-state index in [1.165, 1.54) is 4.90 Å². The Bertz CT molecular complexity index is 1320. The summed E-state index contributed by atoms with van der Waals surface area (Å²) in [4.78, 5) is 31.8. The fourth-order valence-corrected chi connectivity index (χ4v) is 4.19. The van der Waals surface area contributed by atoms with Crippen LogP contribution in [-0.4, -0.2) is 30.0 Å². The Morgan fingerprint density at radius 3 is 2.62 bits per heavy atom. The van der Waals surface area contributed by atoms with Crippen LogP contribution in [0.25, 0.3) is 11.0 Å². The minimum Gasteiger partial charge on any atom is -0.497 e. The van der Waals surface area contributed by atoms with Crippen LogP contribution in [0.1, 0.15) is 11.1 Å². The molecule has 0 bridgehead atoms. The maximum atomic E-state index is 13.2. The van der Waals surface area contributed by atoms with Crippen molar-refractivity contribution in [1.29, 1.82) is 0 Å². The van der Waals surface area contributed by atoms with Gasteiger partial charge < -0.3 is 19.6 Å². The number of amides is 1. The lowest BCUT2D eigenvalue weighted by atomic mass is 9.82. The molecule has 2 N–H and O–H groups in total. The van der Waals surface area contributed by atoms with Gasteiger partial charge in [-0.15, -0.1) is 0 Å². The minimum atomic E-state index is -0.819. The van der Waals surface area contributed by atoms with Crippen LogP contribution in [0.15, 0.2) is 77.3 Å². The molecule has 3 heterocycles. The van der Waals surface area contributed by atoms with Gasteiger partial charge in [0.05, 0.1) is 13.0 Å². The number of methoxy groups -OCH3 is 1. The first-order valence-corrected chi connectivity index (χ1v) is 10.8. The monoisotopic (exact) mass is 457 g/mol. The van der Waals surface area contributed by atoms with E-state index < -0.39 is 17.9 Å². The van der Waals surface area contributed by atoms with Crippen molar-refractivity contribution in [3.8, 4) is 5.75 Å². The predicted molar refractivity (Wildman–Crippen MR) is 126 cm³/mol. The van der Waals surface area contributed by atoms with Gasteiger partial charge >= 0.3 is 5.97 Å². The number of β-lactam (4-membered cyclic amide) rings is 1. The molecule has 0 saturated carbocycles. The van der Waals surface area contributed by atoms with Crippen molar-refractivity contribution in [1.82, 2.24) is 4.98 Å². The average Bonchev–Trinajstić information content (AvgIpc) is 3.27. The molecule has 172 valence electrons. The maximum absolute atomic E-state index is 13.2. The Hall–Kier alpha value is -4.33. The summed E-state index contributed by atoms with van der Waals surface area (Å²) in [6, 6.07) is 19.1. The molecule has 0 aliphatic carbocycles. The van der Waals surface area contributed by atoms with Crippen molar-refractivity contribution in [2.75, 3.05) is 17.7 Å². The summed E-state index contributed by atoms with van der Waals surface area (Å²) in [6.45, 7) is 0.0798. The van der Waals surface area contributed by atoms with Crippen molar-refractivity contribution in [2.24, 2.45) is 5.92 Å². The van der Waals surface area contributed by atoms with Crippen LogP contribution in [0, 0.1) is 5.92 Å². The average molecular weight is 457 g/mol. The number of hydrogen-bond acceptors (Lipinski definition) is 7. The standard InChI is InChI=1S/C26H23N3O5/c1-32-19-8-6-16(7-9-19)15-33-26(31)24-20(12-17-10-11-28-22(27)13-17)25(30)29(24)23-14-18-4-2-3-5-21(18)34-23/h2-11,13-14,20,24H,12,15H2,1H3,(H2,27,28). The van der Waals surface area contributed by atoms with Gasteiger partial charge in [0, 0.05) is 17.6 Å². The number of carbonyl (C=O) groups is 2. The van der Waals surface area contributed by atoms with E-state index in [9.17, 15) is 9.59 Å². The lowest BCUT2D eigenvalue weighted by molar-refractivity contribution is -0.155. The molecule has 0 radical (unpaired) electrons. The van der Waals surface area contributed by atoms with Crippen molar-refractivity contribution in [3.63, 3.8) is 0 Å². The Labute approximate surface area is 195 Å². The fraction of sp³-hybridized carbons (Fsp3) is 0.192. The van der Waals surface area contributed by atoms with Crippen LogP contribution in [0.5, 0.6) is 5.75 Å². The number of aromatic nitrogens is 1. The molecule has 1 saturated heterocycles. The molecular formula is C26H23N3O5. The molecule has 5 rings (SSSR count). The Morgan fingerprint density at radius 1 is 1.09 bits per heavy atom. The second kappa shape index (κ2) is 8.90. The van der Waals surface area contributed by atoms with Gasteiger partial charge in [-0.1, -0.05) is 30.3 Å². The normalized spacial score (nSPS) is 17.4. The number of furan rings is 1. The highest BCUT2D eigenvalue weighted by molar-refractivity contribution is 6.10. The second-order valence-electron chi connectivity index (χ2n) is 8.13. The van der Waals surface area contributed by atoms with E-state index in [2.05, 4.69) is 4.98 Å². The number of anilines is 2. The molecule has 34 heavy (non-hydrogen) atoms. The number of esters is 1. The third-order valence-electron chi connectivity index (χ3n) is 5.95. The Balaban J connectivity index is 1.39. The number of carbonyl (C=O) groups excluding carboxylic acids is 2. The van der Waals surface area contributed by atoms with Gasteiger partial charge in [0.2, 0.25) is 11.8 Å². The third kappa shape index (κ3) is 4.05. The van der Waals surface area contributed by atoms with E-state index in [0.29, 0.717) is 29.5 Å². The maximum Gasteiger partial charge on any atom is 0.330 e. The number of nitrogens with zero attached hydrogens (tertiary/aromatic N) is 2. The molecule has 0 spiro atoms. The summed E-state index contributed by atoms with van der Waals surface area (Å²) in [6.07, 6.45) is 1.92. The summed E-state index contributed by atoms with van der Waals surface area (Å²) >= 11 is 0. The van der Waals surface area contributed by atoms with Crippen LogP contribution in [0.2, 0.25) is 0 Å². The summed E-state index contributed by atoms with van der Waals surface area (Å²) in [7, 11) is 1.59. The predicted octanol–water partition coefficient (Wildman–Crippen LogP) is 3.74. The van der Waals surface area contributed by atoms with Crippen molar-refractivity contribution in [3.05, 3.63) is 84.1 Å². The number of rotatable bonds is 7. The molecular weight excluding hydrogens is 434 g/mol. The summed E-state index contributed by atoms with van der Waals surface area (Å²) < 4.78 is 16.7. The molecule has 2 unspecified atom stereocenters. The van der Waals surface area contributed by atoms with Crippen LogP contribution in [-0.2, 0) is 27.4 Å². The van der Waals surface area contributed by atoms with E-state index in [-0.39, 0.29) is 12.5 Å². The van der Waals surface area contributed by atoms with Gasteiger partial charge in [0.15, 0.2) is 0 Å².